The molecule has 1 amide bonds. The summed E-state index contributed by atoms with van der Waals surface area (Å²) in [4.78, 5) is 14.3. The lowest BCUT2D eigenvalue weighted by atomic mass is 9.85. The molecule has 1 rings (SSSR count). The largest absolute Gasteiger partial charge is 0.392 e. The standard InChI is InChI=1S/C14H19FN2OS/c1-4-14(3,12(16)19)13(18)17(5-2)11-8-6-7-10(15)9-11/h6-9H,4-5H2,1-3H3,(H2,16,19). The minimum atomic E-state index is -0.905. The molecule has 1 atom stereocenters. The average molecular weight is 282 g/mol. The van der Waals surface area contributed by atoms with E-state index < -0.39 is 5.41 Å². The molecule has 5 heteroatoms. The van der Waals surface area contributed by atoms with Gasteiger partial charge >= 0.3 is 0 Å². The van der Waals surface area contributed by atoms with Crippen LogP contribution in [-0.2, 0) is 4.79 Å². The van der Waals surface area contributed by atoms with Gasteiger partial charge in [-0.15, -0.1) is 0 Å². The van der Waals surface area contributed by atoms with Crippen molar-refractivity contribution in [1.82, 2.24) is 0 Å². The second-order valence-corrected chi connectivity index (χ2v) is 5.02. The van der Waals surface area contributed by atoms with Crippen molar-refractivity contribution in [3.05, 3.63) is 30.1 Å². The number of anilines is 1. The summed E-state index contributed by atoms with van der Waals surface area (Å²) in [5.41, 5.74) is 5.30. The normalized spacial score (nSPS) is 13.7. The van der Waals surface area contributed by atoms with Gasteiger partial charge in [-0.05, 0) is 38.5 Å². The smallest absolute Gasteiger partial charge is 0.239 e. The summed E-state index contributed by atoms with van der Waals surface area (Å²) in [6.07, 6.45) is 0.507. The first kappa shape index (κ1) is 15.6. The van der Waals surface area contributed by atoms with Crippen LogP contribution in [0.25, 0.3) is 0 Å². The van der Waals surface area contributed by atoms with Gasteiger partial charge in [-0.25, -0.2) is 4.39 Å². The summed E-state index contributed by atoms with van der Waals surface area (Å²) in [7, 11) is 0. The number of nitrogens with zero attached hydrogens (tertiary/aromatic N) is 1. The Kier molecular flexibility index (Phi) is 5.00. The van der Waals surface area contributed by atoms with Gasteiger partial charge in [-0.1, -0.05) is 25.2 Å². The minimum Gasteiger partial charge on any atom is -0.392 e. The Balaban J connectivity index is 3.17. The average Bonchev–Trinajstić information content (AvgIpc) is 2.38. The van der Waals surface area contributed by atoms with Gasteiger partial charge in [0, 0.05) is 12.2 Å². The number of thiocarbonyl (C=S) groups is 1. The Morgan fingerprint density at radius 2 is 2.11 bits per heavy atom. The Bertz CT molecular complexity index is 492. The van der Waals surface area contributed by atoms with Gasteiger partial charge in [-0.2, -0.15) is 0 Å². The highest BCUT2D eigenvalue weighted by Crippen LogP contribution is 2.28. The predicted molar refractivity (Wildman–Crippen MR) is 79.6 cm³/mol. The summed E-state index contributed by atoms with van der Waals surface area (Å²) in [5.74, 6) is -0.576. The van der Waals surface area contributed by atoms with Crippen molar-refractivity contribution >= 4 is 28.8 Å². The van der Waals surface area contributed by atoms with E-state index in [0.717, 1.165) is 0 Å². The molecule has 0 radical (unpaired) electrons. The van der Waals surface area contributed by atoms with E-state index in [-0.39, 0.29) is 16.7 Å². The molecule has 0 spiro atoms. The molecule has 1 aromatic carbocycles. The van der Waals surface area contributed by atoms with Crippen molar-refractivity contribution in [2.24, 2.45) is 11.1 Å². The molecule has 0 aliphatic rings. The van der Waals surface area contributed by atoms with Crippen molar-refractivity contribution in [3.8, 4) is 0 Å². The monoisotopic (exact) mass is 282 g/mol. The minimum absolute atomic E-state index is 0.162. The van der Waals surface area contributed by atoms with E-state index in [4.69, 9.17) is 18.0 Å². The Morgan fingerprint density at radius 3 is 2.53 bits per heavy atom. The molecule has 0 saturated heterocycles. The number of nitrogens with two attached hydrogens (primary N) is 1. The van der Waals surface area contributed by atoms with Crippen LogP contribution in [0.1, 0.15) is 27.2 Å². The lowest BCUT2D eigenvalue weighted by Gasteiger charge is -2.32. The first-order valence-corrected chi connectivity index (χ1v) is 6.65. The third-order valence-electron chi connectivity index (χ3n) is 3.40. The van der Waals surface area contributed by atoms with Gasteiger partial charge < -0.3 is 10.6 Å². The van der Waals surface area contributed by atoms with Gasteiger partial charge in [0.1, 0.15) is 5.82 Å². The van der Waals surface area contributed by atoms with Crippen molar-refractivity contribution in [2.75, 3.05) is 11.4 Å². The summed E-state index contributed by atoms with van der Waals surface area (Å²) in [6, 6.07) is 5.94. The fourth-order valence-corrected chi connectivity index (χ4v) is 2.05. The van der Waals surface area contributed by atoms with Gasteiger partial charge in [0.15, 0.2) is 0 Å². The van der Waals surface area contributed by atoms with Crippen molar-refractivity contribution in [2.45, 2.75) is 27.2 Å². The number of halogens is 1. The molecule has 0 heterocycles. The fourth-order valence-electron chi connectivity index (χ4n) is 1.82. The topological polar surface area (TPSA) is 46.3 Å². The highest BCUT2D eigenvalue weighted by atomic mass is 32.1. The van der Waals surface area contributed by atoms with Crippen molar-refractivity contribution in [3.63, 3.8) is 0 Å². The number of rotatable bonds is 5. The van der Waals surface area contributed by atoms with Crippen LogP contribution in [0.15, 0.2) is 24.3 Å². The van der Waals surface area contributed by atoms with Gasteiger partial charge in [0.25, 0.3) is 0 Å². The Hall–Kier alpha value is -1.49. The molecule has 0 aromatic heterocycles. The lowest BCUT2D eigenvalue weighted by molar-refractivity contribution is -0.124. The molecular formula is C14H19FN2OS. The molecule has 0 bridgehead atoms. The molecule has 1 unspecified atom stereocenters. The molecule has 104 valence electrons. The molecule has 0 aliphatic carbocycles. The molecule has 0 aliphatic heterocycles. The third-order valence-corrected chi connectivity index (χ3v) is 3.85. The predicted octanol–water partition coefficient (Wildman–Crippen LogP) is 2.88. The number of hydrogen-bond acceptors (Lipinski definition) is 2. The van der Waals surface area contributed by atoms with E-state index in [1.165, 1.54) is 17.0 Å². The van der Waals surface area contributed by atoms with E-state index in [0.29, 0.717) is 18.7 Å². The molecule has 3 nitrogen and oxygen atoms in total. The van der Waals surface area contributed by atoms with Gasteiger partial charge in [-0.3, -0.25) is 4.79 Å². The van der Waals surface area contributed by atoms with Crippen LogP contribution in [0.2, 0.25) is 0 Å². The van der Waals surface area contributed by atoms with Crippen LogP contribution < -0.4 is 10.6 Å². The summed E-state index contributed by atoms with van der Waals surface area (Å²) in [5, 5.41) is 0. The van der Waals surface area contributed by atoms with Crippen LogP contribution in [-0.4, -0.2) is 17.4 Å². The first-order valence-electron chi connectivity index (χ1n) is 6.24. The Morgan fingerprint density at radius 1 is 1.47 bits per heavy atom. The Labute approximate surface area is 118 Å². The summed E-state index contributed by atoms with van der Waals surface area (Å²) < 4.78 is 13.3. The van der Waals surface area contributed by atoms with E-state index in [1.54, 1.807) is 19.1 Å². The van der Waals surface area contributed by atoms with E-state index in [9.17, 15) is 9.18 Å². The number of hydrogen-bond donors (Lipinski definition) is 1. The van der Waals surface area contributed by atoms with E-state index in [2.05, 4.69) is 0 Å². The number of carbonyl (C=O) groups is 1. The summed E-state index contributed by atoms with van der Waals surface area (Å²) >= 11 is 5.00. The summed E-state index contributed by atoms with van der Waals surface area (Å²) in [6.45, 7) is 5.84. The van der Waals surface area contributed by atoms with Gasteiger partial charge in [0.2, 0.25) is 5.91 Å². The van der Waals surface area contributed by atoms with Crippen LogP contribution in [0.5, 0.6) is 0 Å². The quantitative estimate of drug-likeness (QED) is 0.845. The molecule has 19 heavy (non-hydrogen) atoms. The van der Waals surface area contributed by atoms with Crippen molar-refractivity contribution in [1.29, 1.82) is 0 Å². The number of amides is 1. The maximum Gasteiger partial charge on any atom is 0.239 e. The second kappa shape index (κ2) is 6.10. The highest BCUT2D eigenvalue weighted by molar-refractivity contribution is 7.80. The SMILES string of the molecule is CCN(C(=O)C(C)(CC)C(N)=S)c1cccc(F)c1. The zero-order chi connectivity index (χ0) is 14.6. The number of benzene rings is 1. The molecule has 0 fully saturated rings. The van der Waals surface area contributed by atoms with Crippen LogP contribution in [0.4, 0.5) is 10.1 Å². The fraction of sp³-hybridized carbons (Fsp3) is 0.429. The first-order chi connectivity index (χ1) is 8.86. The van der Waals surface area contributed by atoms with Crippen LogP contribution in [0.3, 0.4) is 0 Å². The molecule has 2 N–H and O–H groups in total. The third kappa shape index (κ3) is 3.10. The highest BCUT2D eigenvalue weighted by Gasteiger charge is 2.38. The zero-order valence-electron chi connectivity index (χ0n) is 11.4. The second-order valence-electron chi connectivity index (χ2n) is 4.58. The van der Waals surface area contributed by atoms with E-state index in [1.807, 2.05) is 13.8 Å². The maximum atomic E-state index is 13.3. The van der Waals surface area contributed by atoms with Crippen LogP contribution in [0, 0.1) is 11.2 Å². The van der Waals surface area contributed by atoms with Gasteiger partial charge in [0.05, 0.1) is 10.4 Å². The van der Waals surface area contributed by atoms with Crippen LogP contribution >= 0.6 is 12.2 Å². The van der Waals surface area contributed by atoms with E-state index >= 15 is 0 Å². The maximum absolute atomic E-state index is 13.3. The molecular weight excluding hydrogens is 263 g/mol. The van der Waals surface area contributed by atoms with Crippen molar-refractivity contribution < 1.29 is 9.18 Å². The zero-order valence-corrected chi connectivity index (χ0v) is 12.3. The molecule has 1 aromatic rings. The lowest BCUT2D eigenvalue weighted by Crippen LogP contribution is -2.48. The molecule has 0 saturated carbocycles. The number of carbonyl (C=O) groups excluding carboxylic acids is 1.